The van der Waals surface area contributed by atoms with Gasteiger partial charge in [0, 0.05) is 30.9 Å². The third kappa shape index (κ3) is 3.42. The molecule has 1 fully saturated rings. The van der Waals surface area contributed by atoms with Crippen molar-refractivity contribution in [2.45, 2.75) is 26.3 Å². The van der Waals surface area contributed by atoms with E-state index >= 15 is 0 Å². The maximum Gasteiger partial charge on any atom is 0.128 e. The van der Waals surface area contributed by atoms with E-state index in [1.54, 1.807) is 0 Å². The van der Waals surface area contributed by atoms with Crippen molar-refractivity contribution in [3.63, 3.8) is 0 Å². The van der Waals surface area contributed by atoms with Crippen molar-refractivity contribution in [1.82, 2.24) is 5.32 Å². The summed E-state index contributed by atoms with van der Waals surface area (Å²) >= 11 is 0. The lowest BCUT2D eigenvalue weighted by atomic mass is 10.1. The lowest BCUT2D eigenvalue weighted by Gasteiger charge is -2.19. The molecule has 1 aromatic carbocycles. The molecule has 1 aromatic rings. The van der Waals surface area contributed by atoms with E-state index < -0.39 is 11.6 Å². The highest BCUT2D eigenvalue weighted by molar-refractivity contribution is 5.47. The van der Waals surface area contributed by atoms with Gasteiger partial charge in [-0.2, -0.15) is 0 Å². The molecule has 2 rings (SSSR count). The van der Waals surface area contributed by atoms with E-state index in [4.69, 9.17) is 0 Å². The Labute approximate surface area is 107 Å². The normalized spacial score (nSPS) is 19.8. The highest BCUT2D eigenvalue weighted by Crippen LogP contribution is 2.25. The molecule has 0 aromatic heterocycles. The summed E-state index contributed by atoms with van der Waals surface area (Å²) in [6.45, 7) is 6.94. The molecular weight excluding hydrogens is 234 g/mol. The van der Waals surface area contributed by atoms with Crippen LogP contribution in [0.3, 0.4) is 0 Å². The zero-order valence-corrected chi connectivity index (χ0v) is 10.9. The number of hydrogen-bond donors (Lipinski definition) is 1. The SMILES string of the molecule is CC(C)NCC1CCN(c2cc(F)cc(F)c2)C1. The highest BCUT2D eigenvalue weighted by Gasteiger charge is 2.23. The smallest absolute Gasteiger partial charge is 0.128 e. The fraction of sp³-hybridized carbons (Fsp3) is 0.571. The number of benzene rings is 1. The van der Waals surface area contributed by atoms with Crippen LogP contribution in [0.15, 0.2) is 18.2 Å². The van der Waals surface area contributed by atoms with Crippen LogP contribution in [-0.4, -0.2) is 25.7 Å². The summed E-state index contributed by atoms with van der Waals surface area (Å²) in [5.41, 5.74) is 0.652. The van der Waals surface area contributed by atoms with Crippen LogP contribution >= 0.6 is 0 Å². The van der Waals surface area contributed by atoms with Crippen molar-refractivity contribution in [1.29, 1.82) is 0 Å². The van der Waals surface area contributed by atoms with Gasteiger partial charge in [-0.25, -0.2) is 8.78 Å². The Bertz CT molecular complexity index is 387. The zero-order valence-electron chi connectivity index (χ0n) is 10.9. The third-order valence-corrected chi connectivity index (χ3v) is 3.31. The number of anilines is 1. The Kier molecular flexibility index (Phi) is 4.17. The molecule has 0 spiro atoms. The van der Waals surface area contributed by atoms with Gasteiger partial charge in [-0.05, 0) is 31.0 Å². The minimum absolute atomic E-state index is 0.477. The molecule has 1 N–H and O–H groups in total. The lowest BCUT2D eigenvalue weighted by Crippen LogP contribution is -2.30. The number of rotatable bonds is 4. The van der Waals surface area contributed by atoms with Crippen molar-refractivity contribution >= 4 is 5.69 Å². The predicted molar refractivity (Wildman–Crippen MR) is 69.8 cm³/mol. The Balaban J connectivity index is 1.95. The van der Waals surface area contributed by atoms with E-state index in [2.05, 4.69) is 24.1 Å². The molecule has 4 heteroatoms. The first-order valence-electron chi connectivity index (χ1n) is 6.49. The van der Waals surface area contributed by atoms with E-state index in [0.717, 1.165) is 32.1 Å². The van der Waals surface area contributed by atoms with Crippen LogP contribution in [0.25, 0.3) is 0 Å². The number of hydrogen-bond acceptors (Lipinski definition) is 2. The van der Waals surface area contributed by atoms with Gasteiger partial charge in [0.05, 0.1) is 0 Å². The number of halogens is 2. The second-order valence-corrected chi connectivity index (χ2v) is 5.29. The van der Waals surface area contributed by atoms with Crippen molar-refractivity contribution in [2.24, 2.45) is 5.92 Å². The monoisotopic (exact) mass is 254 g/mol. The summed E-state index contributed by atoms with van der Waals surface area (Å²) < 4.78 is 26.3. The summed E-state index contributed by atoms with van der Waals surface area (Å²) in [4.78, 5) is 2.05. The standard InChI is InChI=1S/C14H20F2N2/c1-10(2)17-8-11-3-4-18(9-11)14-6-12(15)5-13(16)7-14/h5-7,10-11,17H,3-4,8-9H2,1-2H3. The molecule has 0 amide bonds. The molecule has 1 unspecified atom stereocenters. The first kappa shape index (κ1) is 13.3. The van der Waals surface area contributed by atoms with Gasteiger partial charge in [-0.3, -0.25) is 0 Å². The van der Waals surface area contributed by atoms with Gasteiger partial charge in [-0.15, -0.1) is 0 Å². The predicted octanol–water partition coefficient (Wildman–Crippen LogP) is 2.79. The van der Waals surface area contributed by atoms with Crippen LogP contribution < -0.4 is 10.2 Å². The van der Waals surface area contributed by atoms with Gasteiger partial charge in [0.25, 0.3) is 0 Å². The molecule has 100 valence electrons. The van der Waals surface area contributed by atoms with Gasteiger partial charge in [0.1, 0.15) is 11.6 Å². The topological polar surface area (TPSA) is 15.3 Å². The molecule has 1 aliphatic heterocycles. The largest absolute Gasteiger partial charge is 0.371 e. The van der Waals surface area contributed by atoms with Crippen molar-refractivity contribution in [3.8, 4) is 0 Å². The van der Waals surface area contributed by atoms with Gasteiger partial charge >= 0.3 is 0 Å². The molecule has 2 nitrogen and oxygen atoms in total. The molecule has 18 heavy (non-hydrogen) atoms. The van der Waals surface area contributed by atoms with Gasteiger partial charge in [0.2, 0.25) is 0 Å². The zero-order chi connectivity index (χ0) is 13.1. The fourth-order valence-corrected chi connectivity index (χ4v) is 2.36. The first-order chi connectivity index (χ1) is 8.54. The molecule has 1 aliphatic rings. The van der Waals surface area contributed by atoms with E-state index in [-0.39, 0.29) is 0 Å². The van der Waals surface area contributed by atoms with Crippen molar-refractivity contribution < 1.29 is 8.78 Å². The van der Waals surface area contributed by atoms with Crippen LogP contribution in [0.2, 0.25) is 0 Å². The average Bonchev–Trinajstić information content (AvgIpc) is 2.73. The molecule has 0 bridgehead atoms. The van der Waals surface area contributed by atoms with Crippen molar-refractivity contribution in [3.05, 3.63) is 29.8 Å². The number of nitrogens with one attached hydrogen (secondary N) is 1. The van der Waals surface area contributed by atoms with Crippen LogP contribution in [0.5, 0.6) is 0 Å². The van der Waals surface area contributed by atoms with E-state index in [0.29, 0.717) is 17.6 Å². The van der Waals surface area contributed by atoms with Crippen LogP contribution in [0.4, 0.5) is 14.5 Å². The number of nitrogens with zero attached hydrogens (tertiary/aromatic N) is 1. The Morgan fingerprint density at radius 3 is 2.56 bits per heavy atom. The minimum atomic E-state index is -0.506. The Hall–Kier alpha value is -1.16. The summed E-state index contributed by atoms with van der Waals surface area (Å²) in [6.07, 6.45) is 1.07. The van der Waals surface area contributed by atoms with Gasteiger partial charge in [0.15, 0.2) is 0 Å². The van der Waals surface area contributed by atoms with Crippen molar-refractivity contribution in [2.75, 3.05) is 24.5 Å². The summed E-state index contributed by atoms with van der Waals surface area (Å²) in [5, 5.41) is 3.41. The van der Waals surface area contributed by atoms with E-state index in [1.165, 1.54) is 12.1 Å². The molecule has 1 saturated heterocycles. The molecule has 0 aliphatic carbocycles. The lowest BCUT2D eigenvalue weighted by molar-refractivity contribution is 0.480. The molecule has 1 heterocycles. The van der Waals surface area contributed by atoms with E-state index in [1.807, 2.05) is 0 Å². The third-order valence-electron chi connectivity index (χ3n) is 3.31. The van der Waals surface area contributed by atoms with E-state index in [9.17, 15) is 8.78 Å². The molecule has 0 saturated carbocycles. The molecular formula is C14H20F2N2. The second-order valence-electron chi connectivity index (χ2n) is 5.29. The van der Waals surface area contributed by atoms with Crippen LogP contribution in [0.1, 0.15) is 20.3 Å². The fourth-order valence-electron chi connectivity index (χ4n) is 2.36. The Morgan fingerprint density at radius 1 is 1.28 bits per heavy atom. The maximum atomic E-state index is 13.2. The summed E-state index contributed by atoms with van der Waals surface area (Å²) in [5.74, 6) is -0.457. The second kappa shape index (κ2) is 5.65. The molecule has 0 radical (unpaired) electrons. The van der Waals surface area contributed by atoms with Crippen LogP contribution in [0, 0.1) is 17.6 Å². The first-order valence-corrected chi connectivity index (χ1v) is 6.49. The Morgan fingerprint density at radius 2 is 1.94 bits per heavy atom. The highest BCUT2D eigenvalue weighted by atomic mass is 19.1. The van der Waals surface area contributed by atoms with Crippen LogP contribution in [-0.2, 0) is 0 Å². The van der Waals surface area contributed by atoms with Gasteiger partial charge in [-0.1, -0.05) is 13.8 Å². The minimum Gasteiger partial charge on any atom is -0.371 e. The maximum absolute atomic E-state index is 13.2. The quantitative estimate of drug-likeness (QED) is 0.889. The summed E-state index contributed by atoms with van der Waals surface area (Å²) in [7, 11) is 0. The average molecular weight is 254 g/mol. The summed E-state index contributed by atoms with van der Waals surface area (Å²) in [6, 6.07) is 4.20. The molecule has 1 atom stereocenters. The van der Waals surface area contributed by atoms with Gasteiger partial charge < -0.3 is 10.2 Å².